The lowest BCUT2D eigenvalue weighted by Gasteiger charge is -2.33. The summed E-state index contributed by atoms with van der Waals surface area (Å²) >= 11 is 0. The smallest absolute Gasteiger partial charge is 0.0802 e. The van der Waals surface area contributed by atoms with Crippen molar-refractivity contribution < 1.29 is 0 Å². The Morgan fingerprint density at radius 3 is 2.08 bits per heavy atom. The summed E-state index contributed by atoms with van der Waals surface area (Å²) in [5, 5.41) is 3.55. The van der Waals surface area contributed by atoms with Crippen molar-refractivity contribution in [3.05, 3.63) is 0 Å². The van der Waals surface area contributed by atoms with Gasteiger partial charge in [-0.25, -0.2) is 0 Å². The summed E-state index contributed by atoms with van der Waals surface area (Å²) in [4.78, 5) is 0. The summed E-state index contributed by atoms with van der Waals surface area (Å²) in [6, 6.07) is 0. The molecule has 0 aromatic carbocycles. The van der Waals surface area contributed by atoms with Gasteiger partial charge in [0.25, 0.3) is 0 Å². The Bertz CT molecular complexity index is 186. The van der Waals surface area contributed by atoms with E-state index in [1.165, 1.54) is 12.8 Å². The van der Waals surface area contributed by atoms with Gasteiger partial charge in [0.1, 0.15) is 0 Å². The van der Waals surface area contributed by atoms with Crippen molar-refractivity contribution in [3.8, 4) is 12.3 Å². The molecule has 0 aliphatic heterocycles. The average Bonchev–Trinajstić information content (AvgIpc) is 2.34. The lowest BCUT2D eigenvalue weighted by atomic mass is 9.94. The molecular weight excluding hydrogens is 146 g/mol. The highest BCUT2D eigenvalue weighted by molar-refractivity contribution is 5.16. The van der Waals surface area contributed by atoms with E-state index < -0.39 is 0 Å². The molecule has 1 rings (SSSR count). The molecule has 0 atom stereocenters. The number of hydrogen-bond acceptors (Lipinski definition) is 1. The lowest BCUT2D eigenvalue weighted by Crippen LogP contribution is -2.51. The summed E-state index contributed by atoms with van der Waals surface area (Å²) in [6.07, 6.45) is 10.4. The summed E-state index contributed by atoms with van der Waals surface area (Å²) in [5.74, 6) is 2.92. The average molecular weight is 165 g/mol. The Morgan fingerprint density at radius 2 is 1.75 bits per heavy atom. The maximum Gasteiger partial charge on any atom is 0.0802 e. The van der Waals surface area contributed by atoms with Gasteiger partial charge in [-0.05, 0) is 33.6 Å². The molecule has 1 saturated carbocycles. The van der Waals surface area contributed by atoms with E-state index in [0.717, 1.165) is 12.8 Å². The minimum absolute atomic E-state index is 0.00174. The molecule has 1 heteroatoms. The number of nitrogens with one attached hydrogen (secondary N) is 1. The molecule has 0 spiro atoms. The van der Waals surface area contributed by atoms with Gasteiger partial charge in [-0.15, -0.1) is 6.42 Å². The lowest BCUT2D eigenvalue weighted by molar-refractivity contribution is 0.306. The molecule has 0 aromatic rings. The van der Waals surface area contributed by atoms with Crippen LogP contribution in [0.25, 0.3) is 0 Å². The quantitative estimate of drug-likeness (QED) is 0.588. The molecule has 68 valence electrons. The predicted octanol–water partition coefficient (Wildman–Crippen LogP) is 2.32. The highest BCUT2D eigenvalue weighted by Crippen LogP contribution is 2.30. The highest BCUT2D eigenvalue weighted by atomic mass is 15.0. The van der Waals surface area contributed by atoms with E-state index in [4.69, 9.17) is 6.42 Å². The fraction of sp³-hybridized carbons (Fsp3) is 0.818. The van der Waals surface area contributed by atoms with Gasteiger partial charge in [0, 0.05) is 5.54 Å². The van der Waals surface area contributed by atoms with E-state index in [1.54, 1.807) is 0 Å². The number of hydrogen-bond donors (Lipinski definition) is 1. The Kier molecular flexibility index (Phi) is 2.49. The van der Waals surface area contributed by atoms with Crippen LogP contribution in [0.1, 0.15) is 46.5 Å². The van der Waals surface area contributed by atoms with Crippen molar-refractivity contribution in [2.75, 3.05) is 0 Å². The SMILES string of the molecule is C#CC1(NC(C)(C)C)CCCC1. The summed E-state index contributed by atoms with van der Waals surface area (Å²) in [6.45, 7) is 6.51. The predicted molar refractivity (Wildman–Crippen MR) is 52.9 cm³/mol. The first-order valence-corrected chi connectivity index (χ1v) is 4.75. The third-order valence-electron chi connectivity index (χ3n) is 2.35. The van der Waals surface area contributed by atoms with Crippen LogP contribution in [0.2, 0.25) is 0 Å². The van der Waals surface area contributed by atoms with Crippen LogP contribution >= 0.6 is 0 Å². The minimum atomic E-state index is -0.00174. The maximum atomic E-state index is 5.56. The summed E-state index contributed by atoms with van der Waals surface area (Å²) < 4.78 is 0. The van der Waals surface area contributed by atoms with Crippen LogP contribution in [-0.2, 0) is 0 Å². The van der Waals surface area contributed by atoms with Crippen LogP contribution in [0.3, 0.4) is 0 Å². The zero-order chi connectivity index (χ0) is 9.24. The Labute approximate surface area is 75.9 Å². The van der Waals surface area contributed by atoms with Gasteiger partial charge in [0.15, 0.2) is 0 Å². The third-order valence-corrected chi connectivity index (χ3v) is 2.35. The normalized spacial score (nSPS) is 22.2. The molecular formula is C11H19N. The fourth-order valence-corrected chi connectivity index (χ4v) is 2.00. The monoisotopic (exact) mass is 165 g/mol. The van der Waals surface area contributed by atoms with Crippen molar-refractivity contribution >= 4 is 0 Å². The van der Waals surface area contributed by atoms with E-state index in [9.17, 15) is 0 Å². The van der Waals surface area contributed by atoms with Crippen LogP contribution in [0.4, 0.5) is 0 Å². The van der Waals surface area contributed by atoms with E-state index in [-0.39, 0.29) is 11.1 Å². The molecule has 0 saturated heterocycles. The van der Waals surface area contributed by atoms with Gasteiger partial charge in [-0.2, -0.15) is 0 Å². The standard InChI is InChI=1S/C11H19N/c1-5-11(8-6-7-9-11)12-10(2,3)4/h1,12H,6-9H2,2-4H3. The van der Waals surface area contributed by atoms with Crippen LogP contribution < -0.4 is 5.32 Å². The fourth-order valence-electron chi connectivity index (χ4n) is 2.00. The first-order valence-electron chi connectivity index (χ1n) is 4.75. The van der Waals surface area contributed by atoms with E-state index in [2.05, 4.69) is 32.0 Å². The number of rotatable bonds is 1. The molecule has 0 heterocycles. The van der Waals surface area contributed by atoms with Crippen molar-refractivity contribution in [1.29, 1.82) is 0 Å². The molecule has 0 amide bonds. The summed E-state index contributed by atoms with van der Waals surface area (Å²) in [5.41, 5.74) is 0.134. The second-order valence-corrected chi connectivity index (χ2v) is 4.81. The second kappa shape index (κ2) is 3.11. The van der Waals surface area contributed by atoms with Gasteiger partial charge < -0.3 is 0 Å². The molecule has 1 aliphatic carbocycles. The molecule has 0 bridgehead atoms. The zero-order valence-electron chi connectivity index (χ0n) is 8.41. The molecule has 1 fully saturated rings. The van der Waals surface area contributed by atoms with Gasteiger partial charge in [0.05, 0.1) is 5.54 Å². The second-order valence-electron chi connectivity index (χ2n) is 4.81. The van der Waals surface area contributed by atoms with Crippen molar-refractivity contribution in [1.82, 2.24) is 5.32 Å². The van der Waals surface area contributed by atoms with Crippen LogP contribution in [-0.4, -0.2) is 11.1 Å². The van der Waals surface area contributed by atoms with Gasteiger partial charge >= 0.3 is 0 Å². The van der Waals surface area contributed by atoms with Crippen LogP contribution in [0.15, 0.2) is 0 Å². The van der Waals surface area contributed by atoms with E-state index in [1.807, 2.05) is 0 Å². The first-order chi connectivity index (χ1) is 5.47. The topological polar surface area (TPSA) is 12.0 Å². The number of terminal acetylenes is 1. The van der Waals surface area contributed by atoms with Crippen LogP contribution in [0.5, 0.6) is 0 Å². The zero-order valence-corrected chi connectivity index (χ0v) is 8.41. The molecule has 0 radical (unpaired) electrons. The Balaban J connectivity index is 2.64. The largest absolute Gasteiger partial charge is 0.296 e. The molecule has 12 heavy (non-hydrogen) atoms. The van der Waals surface area contributed by atoms with Gasteiger partial charge in [0.2, 0.25) is 0 Å². The van der Waals surface area contributed by atoms with Crippen LogP contribution in [0, 0.1) is 12.3 Å². The summed E-state index contributed by atoms with van der Waals surface area (Å²) in [7, 11) is 0. The van der Waals surface area contributed by atoms with Gasteiger partial charge in [-0.1, -0.05) is 18.8 Å². The minimum Gasteiger partial charge on any atom is -0.296 e. The molecule has 1 aliphatic rings. The van der Waals surface area contributed by atoms with Crippen molar-refractivity contribution in [2.45, 2.75) is 57.5 Å². The van der Waals surface area contributed by atoms with E-state index >= 15 is 0 Å². The maximum absolute atomic E-state index is 5.56. The Hall–Kier alpha value is -0.480. The molecule has 1 nitrogen and oxygen atoms in total. The molecule has 0 unspecified atom stereocenters. The third kappa shape index (κ3) is 2.25. The van der Waals surface area contributed by atoms with Crippen molar-refractivity contribution in [3.63, 3.8) is 0 Å². The van der Waals surface area contributed by atoms with Gasteiger partial charge in [-0.3, -0.25) is 5.32 Å². The molecule has 1 N–H and O–H groups in total. The molecule has 0 aromatic heterocycles. The van der Waals surface area contributed by atoms with Crippen molar-refractivity contribution in [2.24, 2.45) is 0 Å². The highest BCUT2D eigenvalue weighted by Gasteiger charge is 2.34. The first kappa shape index (κ1) is 9.61. The Morgan fingerprint density at radius 1 is 1.25 bits per heavy atom. The van der Waals surface area contributed by atoms with E-state index in [0.29, 0.717) is 0 Å².